The van der Waals surface area contributed by atoms with E-state index in [-0.39, 0.29) is 0 Å². The monoisotopic (exact) mass is 572 g/mol. The Labute approximate surface area is 241 Å². The van der Waals surface area contributed by atoms with E-state index in [2.05, 4.69) is 97.1 Å². The summed E-state index contributed by atoms with van der Waals surface area (Å²) in [5.41, 5.74) is 1.08. The average molecular weight is 573 g/mol. The molecular weight excluding hydrogens is 534 g/mol. The largest absolute Gasteiger partial charge is 0.497 e. The maximum absolute atomic E-state index is 5.52. The molecule has 5 rings (SSSR count). The molecule has 40 heavy (non-hydrogen) atoms. The van der Waals surface area contributed by atoms with Gasteiger partial charge in [0.15, 0.2) is 0 Å². The van der Waals surface area contributed by atoms with Gasteiger partial charge in [-0.25, -0.2) is 0 Å². The van der Waals surface area contributed by atoms with Gasteiger partial charge in [0.05, 0.1) is 28.4 Å². The number of hydrogen-bond donors (Lipinski definition) is 0. The lowest BCUT2D eigenvalue weighted by molar-refractivity contribution is 0.415. The van der Waals surface area contributed by atoms with Gasteiger partial charge in [0.25, 0.3) is 0 Å². The first-order valence-corrected chi connectivity index (χ1v) is 16.6. The molecule has 4 nitrogen and oxygen atoms in total. The van der Waals surface area contributed by atoms with Crippen molar-refractivity contribution in [3.8, 4) is 23.0 Å². The van der Waals surface area contributed by atoms with Crippen molar-refractivity contribution in [3.05, 3.63) is 97.1 Å². The fourth-order valence-corrected chi connectivity index (χ4v) is 12.4. The highest BCUT2D eigenvalue weighted by atomic mass is 31.1. The van der Waals surface area contributed by atoms with Gasteiger partial charge in [-0.3, -0.25) is 0 Å². The van der Waals surface area contributed by atoms with Crippen molar-refractivity contribution in [2.24, 2.45) is 0 Å². The van der Waals surface area contributed by atoms with Crippen LogP contribution in [0.4, 0.5) is 0 Å². The van der Waals surface area contributed by atoms with Crippen LogP contribution in [0.3, 0.4) is 0 Å². The second kappa shape index (κ2) is 13.5. The molecule has 1 aliphatic rings. The maximum atomic E-state index is 5.52. The first-order valence-electron chi connectivity index (χ1n) is 13.8. The van der Waals surface area contributed by atoms with Gasteiger partial charge in [-0.2, -0.15) is 0 Å². The van der Waals surface area contributed by atoms with Crippen LogP contribution in [0.15, 0.2) is 97.1 Å². The highest BCUT2D eigenvalue weighted by Gasteiger charge is 2.39. The second-order valence-corrected chi connectivity index (χ2v) is 14.8. The highest BCUT2D eigenvalue weighted by molar-refractivity contribution is 7.77. The van der Waals surface area contributed by atoms with Gasteiger partial charge in [0.2, 0.25) is 0 Å². The standard InChI is InChI=1S/C34H38O4P2/c1-35-25-9-17-29(18-10-25)39(30-19-11-26(36-2)12-20-30)33-7-5-6-8-34(33)40(31-21-13-27(37-3)14-22-31)32-23-15-28(38-4)16-24-32/h9-24,33-34H,5-8H2,1-4H3/t33-,34+. The molecule has 0 unspecified atom stereocenters. The fraction of sp³-hybridized carbons (Fsp3) is 0.294. The first-order chi connectivity index (χ1) is 19.6. The third-order valence-electron chi connectivity index (χ3n) is 7.76. The summed E-state index contributed by atoms with van der Waals surface area (Å²) in [4.78, 5) is 0. The van der Waals surface area contributed by atoms with E-state index >= 15 is 0 Å². The lowest BCUT2D eigenvalue weighted by Gasteiger charge is -2.42. The molecule has 0 aromatic heterocycles. The van der Waals surface area contributed by atoms with Crippen LogP contribution < -0.4 is 40.2 Å². The van der Waals surface area contributed by atoms with Gasteiger partial charge in [-0.15, -0.1) is 0 Å². The van der Waals surface area contributed by atoms with Crippen molar-refractivity contribution < 1.29 is 18.9 Å². The molecule has 0 spiro atoms. The van der Waals surface area contributed by atoms with E-state index in [1.165, 1.54) is 46.9 Å². The van der Waals surface area contributed by atoms with Gasteiger partial charge < -0.3 is 18.9 Å². The van der Waals surface area contributed by atoms with Crippen LogP contribution in [-0.2, 0) is 0 Å². The summed E-state index contributed by atoms with van der Waals surface area (Å²) in [5.74, 6) is 3.58. The van der Waals surface area contributed by atoms with E-state index in [9.17, 15) is 0 Å². The molecule has 0 aliphatic heterocycles. The molecule has 0 bridgehead atoms. The Hall–Kier alpha value is -3.06. The van der Waals surface area contributed by atoms with E-state index in [1.54, 1.807) is 28.4 Å². The molecule has 4 aromatic carbocycles. The predicted molar refractivity (Wildman–Crippen MR) is 170 cm³/mol. The Kier molecular flexibility index (Phi) is 9.63. The van der Waals surface area contributed by atoms with Gasteiger partial charge in [0.1, 0.15) is 23.0 Å². The van der Waals surface area contributed by atoms with Gasteiger partial charge in [-0.1, -0.05) is 61.4 Å². The molecule has 1 saturated carbocycles. The van der Waals surface area contributed by atoms with Gasteiger partial charge in [0, 0.05) is 0 Å². The van der Waals surface area contributed by atoms with E-state index in [0.29, 0.717) is 11.3 Å². The average Bonchev–Trinajstić information content (AvgIpc) is 3.03. The Balaban J connectivity index is 1.62. The SMILES string of the molecule is COc1ccc(P(c2ccc(OC)cc2)[C@@H]2CCCC[C@@H]2P(c2ccc(OC)cc2)c2ccc(OC)cc2)cc1. The molecule has 1 aliphatic carbocycles. The number of rotatable bonds is 10. The minimum Gasteiger partial charge on any atom is -0.497 e. The Morgan fingerprint density at radius 3 is 0.825 bits per heavy atom. The molecular formula is C34H38O4P2. The summed E-state index contributed by atoms with van der Waals surface area (Å²) in [6, 6.07) is 35.2. The first kappa shape index (κ1) is 28.5. The number of benzene rings is 4. The molecule has 0 amide bonds. The fourth-order valence-electron chi connectivity index (χ4n) is 5.73. The maximum Gasteiger partial charge on any atom is 0.118 e. The summed E-state index contributed by atoms with van der Waals surface area (Å²) in [6.45, 7) is 0. The molecule has 208 valence electrons. The molecule has 0 N–H and O–H groups in total. The van der Waals surface area contributed by atoms with E-state index < -0.39 is 15.8 Å². The second-order valence-electron chi connectivity index (χ2n) is 9.95. The van der Waals surface area contributed by atoms with Crippen LogP contribution in [0.2, 0.25) is 0 Å². The van der Waals surface area contributed by atoms with E-state index in [0.717, 1.165) is 23.0 Å². The summed E-state index contributed by atoms with van der Waals surface area (Å²) in [6.07, 6.45) is 4.97. The Morgan fingerprint density at radius 2 is 0.625 bits per heavy atom. The smallest absolute Gasteiger partial charge is 0.118 e. The minimum atomic E-state index is -0.619. The van der Waals surface area contributed by atoms with E-state index in [1.807, 2.05) is 0 Å². The van der Waals surface area contributed by atoms with Gasteiger partial charge in [-0.05, 0) is 110 Å². The van der Waals surface area contributed by atoms with Crippen molar-refractivity contribution in [2.45, 2.75) is 37.0 Å². The van der Waals surface area contributed by atoms with Crippen LogP contribution in [0.1, 0.15) is 25.7 Å². The third kappa shape index (κ3) is 6.30. The van der Waals surface area contributed by atoms with Crippen molar-refractivity contribution in [1.82, 2.24) is 0 Å². The number of hydrogen-bond acceptors (Lipinski definition) is 4. The summed E-state index contributed by atoms with van der Waals surface area (Å²) >= 11 is 0. The quantitative estimate of drug-likeness (QED) is 0.201. The summed E-state index contributed by atoms with van der Waals surface area (Å²) in [7, 11) is 5.69. The summed E-state index contributed by atoms with van der Waals surface area (Å²) < 4.78 is 22.1. The molecule has 0 heterocycles. The molecule has 2 atom stereocenters. The minimum absolute atomic E-state index is 0.542. The highest BCUT2D eigenvalue weighted by Crippen LogP contribution is 2.56. The van der Waals surface area contributed by atoms with Crippen LogP contribution in [-0.4, -0.2) is 39.8 Å². The summed E-state index contributed by atoms with van der Waals surface area (Å²) in [5, 5.41) is 5.60. The van der Waals surface area contributed by atoms with E-state index in [4.69, 9.17) is 18.9 Å². The van der Waals surface area contributed by atoms with Crippen LogP contribution in [0, 0.1) is 0 Å². The van der Waals surface area contributed by atoms with Crippen molar-refractivity contribution in [1.29, 1.82) is 0 Å². The topological polar surface area (TPSA) is 36.9 Å². The van der Waals surface area contributed by atoms with Crippen LogP contribution >= 0.6 is 15.8 Å². The lowest BCUT2D eigenvalue weighted by atomic mass is 9.99. The number of ether oxygens (including phenoxy) is 4. The zero-order chi connectivity index (χ0) is 27.9. The van der Waals surface area contributed by atoms with Crippen molar-refractivity contribution >= 4 is 37.1 Å². The van der Waals surface area contributed by atoms with Crippen LogP contribution in [0.5, 0.6) is 23.0 Å². The lowest BCUT2D eigenvalue weighted by Crippen LogP contribution is -2.37. The molecule has 0 radical (unpaired) electrons. The zero-order valence-electron chi connectivity index (χ0n) is 23.7. The predicted octanol–water partition coefficient (Wildman–Crippen LogP) is 6.60. The molecule has 6 heteroatoms. The molecule has 4 aromatic rings. The van der Waals surface area contributed by atoms with Crippen molar-refractivity contribution in [2.75, 3.05) is 28.4 Å². The Morgan fingerprint density at radius 1 is 0.400 bits per heavy atom. The number of methoxy groups -OCH3 is 4. The van der Waals surface area contributed by atoms with Crippen molar-refractivity contribution in [3.63, 3.8) is 0 Å². The molecule has 1 fully saturated rings. The van der Waals surface area contributed by atoms with Gasteiger partial charge >= 0.3 is 0 Å². The zero-order valence-corrected chi connectivity index (χ0v) is 25.5. The Bertz CT molecular complexity index is 1140. The normalized spacial score (nSPS) is 17.1. The molecule has 0 saturated heterocycles. The van der Waals surface area contributed by atoms with Crippen LogP contribution in [0.25, 0.3) is 0 Å². The third-order valence-corrected chi connectivity index (χ3v) is 14.0.